The van der Waals surface area contributed by atoms with E-state index in [2.05, 4.69) is 0 Å². The van der Waals surface area contributed by atoms with E-state index in [4.69, 9.17) is 0 Å². The lowest BCUT2D eigenvalue weighted by Crippen LogP contribution is -2.20. The monoisotopic (exact) mass is 237 g/mol. The Morgan fingerprint density at radius 3 is 1.89 bits per heavy atom. The van der Waals surface area contributed by atoms with Crippen LogP contribution in [0.1, 0.15) is 37.4 Å². The molecule has 3 nitrogen and oxygen atoms in total. The van der Waals surface area contributed by atoms with E-state index >= 15 is 0 Å². The highest BCUT2D eigenvalue weighted by Crippen LogP contribution is 2.27. The second-order valence-electron chi connectivity index (χ2n) is 4.23. The van der Waals surface area contributed by atoms with Gasteiger partial charge in [0.2, 0.25) is 0 Å². The van der Waals surface area contributed by atoms with Crippen LogP contribution in [0, 0.1) is 0 Å². The molecule has 3 heteroatoms. The molecule has 1 aliphatic rings. The molecule has 18 heavy (non-hydrogen) atoms. The zero-order valence-electron chi connectivity index (χ0n) is 9.47. The highest BCUT2D eigenvalue weighted by atomic mass is 16.3. The van der Waals surface area contributed by atoms with Crippen molar-refractivity contribution in [2.24, 2.45) is 0 Å². The molecule has 0 aromatic heterocycles. The van der Waals surface area contributed by atoms with Gasteiger partial charge in [0.05, 0.1) is 0 Å². The Morgan fingerprint density at radius 1 is 0.722 bits per heavy atom. The number of carbonyl (C=O) groups excluding carboxylic acids is 2. The standard InChI is InChI=1S/C15H9O3/c16-8-9-5-6-12-13(7-9)15(18)11-4-2-1-3-10(11)14(12)17/h1-7H,8H2. The third kappa shape index (κ3) is 1.41. The van der Waals surface area contributed by atoms with Crippen LogP contribution < -0.4 is 0 Å². The van der Waals surface area contributed by atoms with Crippen LogP contribution in [0.5, 0.6) is 0 Å². The molecule has 1 radical (unpaired) electrons. The number of rotatable bonds is 1. The molecule has 2 aromatic carbocycles. The van der Waals surface area contributed by atoms with E-state index in [9.17, 15) is 14.7 Å². The summed E-state index contributed by atoms with van der Waals surface area (Å²) < 4.78 is 0. The van der Waals surface area contributed by atoms with Crippen molar-refractivity contribution in [3.05, 3.63) is 70.3 Å². The Kier molecular flexibility index (Phi) is 2.35. The number of benzene rings is 2. The summed E-state index contributed by atoms with van der Waals surface area (Å²) in [6.45, 7) is -0.392. The molecule has 0 spiro atoms. The number of hydrogen-bond donors (Lipinski definition) is 0. The third-order valence-electron chi connectivity index (χ3n) is 3.16. The fourth-order valence-electron chi connectivity index (χ4n) is 2.24. The fraction of sp³-hybridized carbons (Fsp3) is 0.0667. The van der Waals surface area contributed by atoms with Crippen LogP contribution in [0.15, 0.2) is 42.5 Å². The predicted octanol–water partition coefficient (Wildman–Crippen LogP) is 2.39. The molecule has 0 N–H and O–H groups in total. The molecule has 0 saturated heterocycles. The molecule has 0 fully saturated rings. The Bertz CT molecular complexity index is 671. The summed E-state index contributed by atoms with van der Waals surface area (Å²) in [5.74, 6) is -0.340. The van der Waals surface area contributed by atoms with Gasteiger partial charge in [-0.3, -0.25) is 9.59 Å². The molecule has 0 saturated carbocycles. The summed E-state index contributed by atoms with van der Waals surface area (Å²) in [6.07, 6.45) is 0. The first-order valence-corrected chi connectivity index (χ1v) is 5.62. The average Bonchev–Trinajstić information content (AvgIpc) is 2.44. The maximum absolute atomic E-state index is 12.3. The molecular formula is C15H9O3. The average molecular weight is 237 g/mol. The normalized spacial score (nSPS) is 13.2. The molecule has 1 aliphatic carbocycles. The van der Waals surface area contributed by atoms with Gasteiger partial charge < -0.3 is 0 Å². The van der Waals surface area contributed by atoms with Gasteiger partial charge in [0, 0.05) is 22.3 Å². The van der Waals surface area contributed by atoms with Crippen LogP contribution in [0.2, 0.25) is 0 Å². The summed E-state index contributed by atoms with van der Waals surface area (Å²) in [5.41, 5.74) is 2.10. The van der Waals surface area contributed by atoms with Crippen molar-refractivity contribution >= 4 is 11.6 Å². The van der Waals surface area contributed by atoms with Crippen LogP contribution in [0.3, 0.4) is 0 Å². The lowest BCUT2D eigenvalue weighted by molar-refractivity contribution is 0.0978. The lowest BCUT2D eigenvalue weighted by Gasteiger charge is -2.17. The number of carbonyl (C=O) groups is 2. The summed E-state index contributed by atoms with van der Waals surface area (Å²) >= 11 is 0. The van der Waals surface area contributed by atoms with Crippen molar-refractivity contribution in [1.29, 1.82) is 0 Å². The first-order valence-electron chi connectivity index (χ1n) is 5.62. The van der Waals surface area contributed by atoms with Gasteiger partial charge in [-0.2, -0.15) is 0 Å². The van der Waals surface area contributed by atoms with Crippen LogP contribution in [0.25, 0.3) is 0 Å². The van der Waals surface area contributed by atoms with Gasteiger partial charge in [-0.05, 0) is 17.7 Å². The number of hydrogen-bond acceptors (Lipinski definition) is 2. The van der Waals surface area contributed by atoms with E-state index in [1.54, 1.807) is 36.4 Å². The van der Waals surface area contributed by atoms with Crippen molar-refractivity contribution in [1.82, 2.24) is 0 Å². The Hall–Kier alpha value is -2.26. The largest absolute Gasteiger partial charge is 0.289 e. The zero-order valence-corrected chi connectivity index (χ0v) is 9.47. The Morgan fingerprint density at radius 2 is 1.28 bits per heavy atom. The molecular weight excluding hydrogens is 228 g/mol. The topological polar surface area (TPSA) is 54.0 Å². The molecule has 0 bridgehead atoms. The SMILES string of the molecule is [O]Cc1ccc2c(c1)C(=O)c1ccccc1C2=O. The van der Waals surface area contributed by atoms with Crippen LogP contribution in [-0.4, -0.2) is 11.6 Å². The van der Waals surface area contributed by atoms with E-state index in [0.29, 0.717) is 27.8 Å². The van der Waals surface area contributed by atoms with Gasteiger partial charge >= 0.3 is 0 Å². The van der Waals surface area contributed by atoms with E-state index in [-0.39, 0.29) is 11.6 Å². The molecule has 0 unspecified atom stereocenters. The molecule has 87 valence electrons. The molecule has 0 atom stereocenters. The fourth-order valence-corrected chi connectivity index (χ4v) is 2.24. The molecule has 0 heterocycles. The Labute approximate surface area is 104 Å². The second-order valence-corrected chi connectivity index (χ2v) is 4.23. The highest BCUT2D eigenvalue weighted by molar-refractivity contribution is 6.28. The van der Waals surface area contributed by atoms with Crippen molar-refractivity contribution in [3.8, 4) is 0 Å². The summed E-state index contributed by atoms with van der Waals surface area (Å²) in [4.78, 5) is 24.5. The predicted molar refractivity (Wildman–Crippen MR) is 64.1 cm³/mol. The van der Waals surface area contributed by atoms with E-state index in [1.807, 2.05) is 0 Å². The maximum Gasteiger partial charge on any atom is 0.194 e. The van der Waals surface area contributed by atoms with Gasteiger partial charge in [0.25, 0.3) is 0 Å². The van der Waals surface area contributed by atoms with E-state index < -0.39 is 6.61 Å². The Balaban J connectivity index is 2.27. The van der Waals surface area contributed by atoms with Gasteiger partial charge in [-0.15, -0.1) is 0 Å². The first-order chi connectivity index (χ1) is 8.72. The van der Waals surface area contributed by atoms with Gasteiger partial charge in [-0.25, -0.2) is 5.11 Å². The highest BCUT2D eigenvalue weighted by Gasteiger charge is 2.29. The number of fused-ring (bicyclic) bond motifs is 2. The minimum Gasteiger partial charge on any atom is -0.289 e. The minimum atomic E-state index is -0.392. The second kappa shape index (κ2) is 3.89. The van der Waals surface area contributed by atoms with Crippen LogP contribution in [0.4, 0.5) is 0 Å². The minimum absolute atomic E-state index is 0.155. The molecule has 0 aliphatic heterocycles. The first kappa shape index (κ1) is 10.9. The van der Waals surface area contributed by atoms with Crippen molar-refractivity contribution in [2.45, 2.75) is 6.61 Å². The van der Waals surface area contributed by atoms with Crippen molar-refractivity contribution in [2.75, 3.05) is 0 Å². The summed E-state index contributed by atoms with van der Waals surface area (Å²) in [7, 11) is 0. The van der Waals surface area contributed by atoms with Gasteiger partial charge in [0.1, 0.15) is 6.61 Å². The van der Waals surface area contributed by atoms with E-state index in [1.165, 1.54) is 6.07 Å². The van der Waals surface area contributed by atoms with E-state index in [0.717, 1.165) is 0 Å². The van der Waals surface area contributed by atoms with Crippen molar-refractivity contribution in [3.63, 3.8) is 0 Å². The molecule has 0 amide bonds. The third-order valence-corrected chi connectivity index (χ3v) is 3.16. The van der Waals surface area contributed by atoms with Gasteiger partial charge in [-0.1, -0.05) is 30.3 Å². The zero-order chi connectivity index (χ0) is 12.7. The smallest absolute Gasteiger partial charge is 0.194 e. The quantitative estimate of drug-likeness (QED) is 0.652. The summed E-state index contributed by atoms with van der Waals surface area (Å²) in [5, 5.41) is 10.9. The van der Waals surface area contributed by atoms with Gasteiger partial charge in [0.15, 0.2) is 11.6 Å². The maximum atomic E-state index is 12.3. The van der Waals surface area contributed by atoms with Crippen LogP contribution in [-0.2, 0) is 11.7 Å². The van der Waals surface area contributed by atoms with Crippen molar-refractivity contribution < 1.29 is 14.7 Å². The summed E-state index contributed by atoms with van der Waals surface area (Å²) in [6, 6.07) is 11.5. The molecule has 2 aromatic rings. The lowest BCUT2D eigenvalue weighted by atomic mass is 9.83. The van der Waals surface area contributed by atoms with Crippen LogP contribution >= 0.6 is 0 Å². The number of ketones is 2. The molecule has 3 rings (SSSR count).